The Labute approximate surface area is 103 Å². The van der Waals surface area contributed by atoms with Crippen molar-refractivity contribution in [1.82, 2.24) is 20.9 Å². The number of halogens is 3. The van der Waals surface area contributed by atoms with Gasteiger partial charge in [0.1, 0.15) is 0 Å². The maximum atomic E-state index is 11.7. The number of hydrogen-bond donors (Lipinski definition) is 3. The van der Waals surface area contributed by atoms with Gasteiger partial charge in [0, 0.05) is 27.2 Å². The molecule has 0 rings (SSSR count). The molecule has 0 heterocycles. The molecule has 0 aromatic heterocycles. The van der Waals surface area contributed by atoms with Gasteiger partial charge in [0.05, 0.1) is 13.1 Å². The van der Waals surface area contributed by atoms with E-state index in [4.69, 9.17) is 0 Å². The first-order valence-corrected chi connectivity index (χ1v) is 5.21. The number of urea groups is 1. The SMILES string of the molecule is CN(C)C(=O)NCCNC(=O)CNCC(F)(F)F. The lowest BCUT2D eigenvalue weighted by atomic mass is 10.5. The third-order valence-corrected chi connectivity index (χ3v) is 1.74. The predicted octanol–water partition coefficient (Wildman–Crippen LogP) is -0.474. The Morgan fingerprint density at radius 1 is 1.11 bits per heavy atom. The zero-order valence-corrected chi connectivity index (χ0v) is 10.2. The molecule has 0 aliphatic carbocycles. The number of amides is 3. The van der Waals surface area contributed by atoms with Crippen LogP contribution in [0.5, 0.6) is 0 Å². The van der Waals surface area contributed by atoms with Crippen molar-refractivity contribution in [2.24, 2.45) is 0 Å². The Morgan fingerprint density at radius 2 is 1.67 bits per heavy atom. The minimum atomic E-state index is -4.33. The molecule has 0 aliphatic rings. The van der Waals surface area contributed by atoms with Crippen molar-refractivity contribution in [2.45, 2.75) is 6.18 Å². The smallest absolute Gasteiger partial charge is 0.353 e. The van der Waals surface area contributed by atoms with Gasteiger partial charge in [-0.05, 0) is 0 Å². The van der Waals surface area contributed by atoms with Gasteiger partial charge in [-0.15, -0.1) is 0 Å². The maximum Gasteiger partial charge on any atom is 0.401 e. The van der Waals surface area contributed by atoms with Crippen molar-refractivity contribution in [2.75, 3.05) is 40.3 Å². The summed E-state index contributed by atoms with van der Waals surface area (Å²) in [6.07, 6.45) is -4.33. The third-order valence-electron chi connectivity index (χ3n) is 1.74. The fourth-order valence-corrected chi connectivity index (χ4v) is 0.910. The van der Waals surface area contributed by atoms with Gasteiger partial charge >= 0.3 is 12.2 Å². The molecule has 0 fully saturated rings. The minimum Gasteiger partial charge on any atom is -0.353 e. The number of alkyl halides is 3. The molecule has 9 heteroatoms. The fraction of sp³-hybridized carbons (Fsp3) is 0.778. The van der Waals surface area contributed by atoms with Crippen LogP contribution in [0.2, 0.25) is 0 Å². The lowest BCUT2D eigenvalue weighted by molar-refractivity contribution is -0.128. The van der Waals surface area contributed by atoms with Gasteiger partial charge in [0.15, 0.2) is 0 Å². The van der Waals surface area contributed by atoms with Crippen LogP contribution in [0.4, 0.5) is 18.0 Å². The van der Waals surface area contributed by atoms with E-state index in [2.05, 4.69) is 10.6 Å². The van der Waals surface area contributed by atoms with Gasteiger partial charge in [0.25, 0.3) is 0 Å². The van der Waals surface area contributed by atoms with E-state index in [0.717, 1.165) is 0 Å². The molecule has 3 amide bonds. The van der Waals surface area contributed by atoms with Crippen LogP contribution in [0, 0.1) is 0 Å². The van der Waals surface area contributed by atoms with Crippen molar-refractivity contribution in [1.29, 1.82) is 0 Å². The molecule has 6 nitrogen and oxygen atoms in total. The molecule has 0 saturated carbocycles. The van der Waals surface area contributed by atoms with Crippen LogP contribution in [0.25, 0.3) is 0 Å². The highest BCUT2D eigenvalue weighted by atomic mass is 19.4. The van der Waals surface area contributed by atoms with Gasteiger partial charge in [0.2, 0.25) is 5.91 Å². The minimum absolute atomic E-state index is 0.159. The van der Waals surface area contributed by atoms with E-state index >= 15 is 0 Å². The number of rotatable bonds is 6. The summed E-state index contributed by atoms with van der Waals surface area (Å²) in [5, 5.41) is 6.81. The van der Waals surface area contributed by atoms with Crippen molar-refractivity contribution in [3.8, 4) is 0 Å². The van der Waals surface area contributed by atoms with E-state index in [-0.39, 0.29) is 19.1 Å². The van der Waals surface area contributed by atoms with Gasteiger partial charge in [-0.2, -0.15) is 13.2 Å². The van der Waals surface area contributed by atoms with Gasteiger partial charge in [-0.3, -0.25) is 4.79 Å². The molecule has 0 bridgehead atoms. The van der Waals surface area contributed by atoms with E-state index in [0.29, 0.717) is 0 Å². The number of carbonyl (C=O) groups excluding carboxylic acids is 2. The second-order valence-corrected chi connectivity index (χ2v) is 3.70. The van der Waals surface area contributed by atoms with E-state index in [1.165, 1.54) is 4.90 Å². The van der Waals surface area contributed by atoms with Crippen LogP contribution in [0.1, 0.15) is 0 Å². The summed E-state index contributed by atoms with van der Waals surface area (Å²) < 4.78 is 35.2. The lowest BCUT2D eigenvalue weighted by Crippen LogP contribution is -2.42. The molecule has 0 atom stereocenters. The van der Waals surface area contributed by atoms with Crippen LogP contribution in [-0.2, 0) is 4.79 Å². The average Bonchev–Trinajstić information content (AvgIpc) is 2.22. The predicted molar refractivity (Wildman–Crippen MR) is 59.0 cm³/mol. The van der Waals surface area contributed by atoms with E-state index < -0.39 is 25.2 Å². The molecule has 0 aromatic rings. The molecule has 0 saturated heterocycles. The zero-order valence-electron chi connectivity index (χ0n) is 10.2. The Bertz CT molecular complexity index is 281. The summed E-state index contributed by atoms with van der Waals surface area (Å²) in [5.41, 5.74) is 0. The number of nitrogens with one attached hydrogen (secondary N) is 3. The number of carbonyl (C=O) groups is 2. The molecule has 0 aliphatic heterocycles. The monoisotopic (exact) mass is 270 g/mol. The average molecular weight is 270 g/mol. The van der Waals surface area contributed by atoms with E-state index in [1.807, 2.05) is 5.32 Å². The molecule has 0 spiro atoms. The molecule has 3 N–H and O–H groups in total. The van der Waals surface area contributed by atoms with Crippen molar-refractivity contribution in [3.05, 3.63) is 0 Å². The van der Waals surface area contributed by atoms with Crippen LogP contribution in [0.15, 0.2) is 0 Å². The highest BCUT2D eigenvalue weighted by Crippen LogP contribution is 2.11. The lowest BCUT2D eigenvalue weighted by Gasteiger charge is -2.12. The molecule has 18 heavy (non-hydrogen) atoms. The summed E-state index contributed by atoms with van der Waals surface area (Å²) in [5.74, 6) is -0.557. The van der Waals surface area contributed by atoms with E-state index in [1.54, 1.807) is 14.1 Å². The number of hydrogen-bond acceptors (Lipinski definition) is 3. The topological polar surface area (TPSA) is 73.5 Å². The van der Waals surface area contributed by atoms with Gasteiger partial charge in [-0.1, -0.05) is 0 Å². The van der Waals surface area contributed by atoms with Crippen molar-refractivity contribution >= 4 is 11.9 Å². The van der Waals surface area contributed by atoms with Gasteiger partial charge in [-0.25, -0.2) is 4.79 Å². The molecular weight excluding hydrogens is 253 g/mol. The van der Waals surface area contributed by atoms with Crippen molar-refractivity contribution in [3.63, 3.8) is 0 Å². The Hall–Kier alpha value is -1.51. The zero-order chi connectivity index (χ0) is 14.2. The Balaban J connectivity index is 3.52. The standard InChI is InChI=1S/C9H17F3N4O2/c1-16(2)8(18)15-4-3-14-7(17)5-13-6-9(10,11)12/h13H,3-6H2,1-2H3,(H,14,17)(H,15,18). The summed E-state index contributed by atoms with van der Waals surface area (Å²) in [6, 6.07) is -0.306. The van der Waals surface area contributed by atoms with Crippen LogP contribution in [0.3, 0.4) is 0 Å². The second-order valence-electron chi connectivity index (χ2n) is 3.70. The second kappa shape index (κ2) is 7.75. The summed E-state index contributed by atoms with van der Waals surface area (Å²) in [7, 11) is 3.13. The Kier molecular flexibility index (Phi) is 7.10. The molecule has 0 aromatic carbocycles. The van der Waals surface area contributed by atoms with Crippen LogP contribution < -0.4 is 16.0 Å². The first-order valence-electron chi connectivity index (χ1n) is 5.21. The largest absolute Gasteiger partial charge is 0.401 e. The maximum absolute atomic E-state index is 11.7. The normalized spacial score (nSPS) is 10.9. The molecule has 106 valence electrons. The summed E-state index contributed by atoms with van der Waals surface area (Å²) in [4.78, 5) is 23.4. The molecule has 0 radical (unpaired) electrons. The summed E-state index contributed by atoms with van der Waals surface area (Å²) in [6.45, 7) is -1.26. The number of nitrogens with zero attached hydrogens (tertiary/aromatic N) is 1. The highest BCUT2D eigenvalue weighted by Gasteiger charge is 2.26. The molecule has 0 unspecified atom stereocenters. The summed E-state index contributed by atoms with van der Waals surface area (Å²) >= 11 is 0. The first-order chi connectivity index (χ1) is 8.22. The van der Waals surface area contributed by atoms with Crippen molar-refractivity contribution < 1.29 is 22.8 Å². The Morgan fingerprint density at radius 3 is 2.17 bits per heavy atom. The fourth-order valence-electron chi connectivity index (χ4n) is 0.910. The van der Waals surface area contributed by atoms with Gasteiger partial charge < -0.3 is 20.9 Å². The molecular formula is C9H17F3N4O2. The third kappa shape index (κ3) is 9.70. The quantitative estimate of drug-likeness (QED) is 0.571. The first kappa shape index (κ1) is 16.5. The highest BCUT2D eigenvalue weighted by molar-refractivity contribution is 5.78. The van der Waals surface area contributed by atoms with Crippen LogP contribution >= 0.6 is 0 Å². The van der Waals surface area contributed by atoms with Crippen LogP contribution in [-0.4, -0.2) is 63.3 Å². The van der Waals surface area contributed by atoms with E-state index in [9.17, 15) is 22.8 Å².